The summed E-state index contributed by atoms with van der Waals surface area (Å²) in [6.45, 7) is 0.741. The molecule has 0 spiro atoms. The molecular weight excluding hydrogens is 236 g/mol. The van der Waals surface area contributed by atoms with E-state index in [0.29, 0.717) is 12.0 Å². The minimum atomic E-state index is -0.544. The lowest BCUT2D eigenvalue weighted by Gasteiger charge is -2.23. The van der Waals surface area contributed by atoms with E-state index in [1.54, 1.807) is 6.26 Å². The highest BCUT2D eigenvalue weighted by Gasteiger charge is 2.17. The summed E-state index contributed by atoms with van der Waals surface area (Å²) in [5.74, 6) is -1.04. The van der Waals surface area contributed by atoms with Gasteiger partial charge in [-0.15, -0.1) is 0 Å². The van der Waals surface area contributed by atoms with Gasteiger partial charge >= 0.3 is 0 Å². The largest absolute Gasteiger partial charge is 0.501 e. The fourth-order valence-corrected chi connectivity index (χ4v) is 2.17. The Bertz CT molecular complexity index is 445. The first-order chi connectivity index (χ1) is 8.70. The molecule has 1 aliphatic rings. The van der Waals surface area contributed by atoms with Crippen molar-refractivity contribution in [2.75, 3.05) is 13.7 Å². The Morgan fingerprint density at radius 3 is 2.83 bits per heavy atom. The molecule has 0 saturated heterocycles. The lowest BCUT2D eigenvalue weighted by molar-refractivity contribution is 0.219. The third kappa shape index (κ3) is 3.07. The van der Waals surface area contributed by atoms with Crippen molar-refractivity contribution in [1.82, 2.24) is 5.32 Å². The molecule has 0 aliphatic carbocycles. The Hall–Kier alpha value is -1.42. The number of nitrogens with one attached hydrogen (secondary N) is 1. The van der Waals surface area contributed by atoms with Gasteiger partial charge in [0.1, 0.15) is 11.6 Å². The molecule has 18 heavy (non-hydrogen) atoms. The molecule has 4 heteroatoms. The third-order valence-corrected chi connectivity index (χ3v) is 3.20. The van der Waals surface area contributed by atoms with Crippen LogP contribution in [0, 0.1) is 11.6 Å². The van der Waals surface area contributed by atoms with E-state index in [1.807, 2.05) is 7.05 Å². The maximum Gasteiger partial charge on any atom is 0.129 e. The van der Waals surface area contributed by atoms with E-state index in [0.717, 1.165) is 31.1 Å². The minimum absolute atomic E-state index is 0.0326. The summed E-state index contributed by atoms with van der Waals surface area (Å²) in [5, 5.41) is 3.15. The molecule has 2 nitrogen and oxygen atoms in total. The Labute approximate surface area is 106 Å². The fraction of sp³-hybridized carbons (Fsp3) is 0.429. The molecule has 1 aromatic carbocycles. The maximum atomic E-state index is 13.6. The predicted octanol–water partition coefficient (Wildman–Crippen LogP) is 2.79. The highest BCUT2D eigenvalue weighted by Crippen LogP contribution is 2.20. The zero-order valence-corrected chi connectivity index (χ0v) is 10.4. The normalized spacial score (nSPS) is 16.9. The van der Waals surface area contributed by atoms with Crippen LogP contribution in [-0.4, -0.2) is 19.7 Å². The molecule has 98 valence electrons. The Morgan fingerprint density at radius 2 is 2.22 bits per heavy atom. The van der Waals surface area contributed by atoms with Gasteiger partial charge < -0.3 is 10.1 Å². The molecule has 0 aromatic heterocycles. The van der Waals surface area contributed by atoms with Gasteiger partial charge in [0.2, 0.25) is 0 Å². The Balaban J connectivity index is 2.12. The zero-order chi connectivity index (χ0) is 13.0. The average molecular weight is 253 g/mol. The van der Waals surface area contributed by atoms with E-state index >= 15 is 0 Å². The van der Waals surface area contributed by atoms with Gasteiger partial charge in [0.25, 0.3) is 0 Å². The molecule has 1 aliphatic heterocycles. The molecule has 1 unspecified atom stereocenters. The predicted molar refractivity (Wildman–Crippen MR) is 66.2 cm³/mol. The molecule has 0 saturated carbocycles. The number of rotatable bonds is 4. The quantitative estimate of drug-likeness (QED) is 0.891. The zero-order valence-electron chi connectivity index (χ0n) is 10.4. The van der Waals surface area contributed by atoms with Crippen LogP contribution >= 0.6 is 0 Å². The Morgan fingerprint density at radius 1 is 1.39 bits per heavy atom. The van der Waals surface area contributed by atoms with Crippen molar-refractivity contribution >= 4 is 0 Å². The van der Waals surface area contributed by atoms with Crippen molar-refractivity contribution in [1.29, 1.82) is 0 Å². The number of benzene rings is 1. The summed E-state index contributed by atoms with van der Waals surface area (Å²) < 4.78 is 31.7. The highest BCUT2D eigenvalue weighted by atomic mass is 19.1. The van der Waals surface area contributed by atoms with Crippen molar-refractivity contribution in [3.63, 3.8) is 0 Å². The van der Waals surface area contributed by atoms with Gasteiger partial charge in [0.05, 0.1) is 12.9 Å². The first-order valence-electron chi connectivity index (χ1n) is 6.12. The van der Waals surface area contributed by atoms with E-state index < -0.39 is 11.6 Å². The van der Waals surface area contributed by atoms with Crippen LogP contribution in [0.15, 0.2) is 30.0 Å². The first kappa shape index (κ1) is 13.0. The van der Waals surface area contributed by atoms with Crippen LogP contribution in [-0.2, 0) is 11.2 Å². The summed E-state index contributed by atoms with van der Waals surface area (Å²) in [5.41, 5.74) is 1.65. The van der Waals surface area contributed by atoms with Crippen LogP contribution in [0.1, 0.15) is 18.4 Å². The minimum Gasteiger partial charge on any atom is -0.501 e. The SMILES string of the molecule is CNC(Cc1ccc(F)cc1F)C1=COCCC1. The van der Waals surface area contributed by atoms with Crippen molar-refractivity contribution in [3.8, 4) is 0 Å². The topological polar surface area (TPSA) is 21.3 Å². The average Bonchev–Trinajstić information content (AvgIpc) is 2.39. The Kier molecular flexibility index (Phi) is 4.31. The van der Waals surface area contributed by atoms with Crippen molar-refractivity contribution in [2.45, 2.75) is 25.3 Å². The molecule has 2 rings (SSSR count). The van der Waals surface area contributed by atoms with Gasteiger partial charge in [-0.1, -0.05) is 6.07 Å². The molecule has 0 radical (unpaired) electrons. The summed E-state index contributed by atoms with van der Waals surface area (Å²) in [6.07, 6.45) is 4.19. The van der Waals surface area contributed by atoms with E-state index in [1.165, 1.54) is 12.1 Å². The van der Waals surface area contributed by atoms with Crippen LogP contribution < -0.4 is 5.32 Å². The second-order valence-corrected chi connectivity index (χ2v) is 4.45. The van der Waals surface area contributed by atoms with E-state index in [4.69, 9.17) is 4.74 Å². The van der Waals surface area contributed by atoms with Crippen LogP contribution in [0.4, 0.5) is 8.78 Å². The van der Waals surface area contributed by atoms with Gasteiger partial charge in [0.15, 0.2) is 0 Å². The van der Waals surface area contributed by atoms with Crippen molar-refractivity contribution < 1.29 is 13.5 Å². The molecule has 1 heterocycles. The lowest BCUT2D eigenvalue weighted by Crippen LogP contribution is -2.31. The highest BCUT2D eigenvalue weighted by molar-refractivity contribution is 5.23. The molecular formula is C14H17F2NO. The molecule has 1 atom stereocenters. The van der Waals surface area contributed by atoms with Crippen LogP contribution in [0.25, 0.3) is 0 Å². The lowest BCUT2D eigenvalue weighted by atomic mass is 9.95. The van der Waals surface area contributed by atoms with E-state index in [2.05, 4.69) is 5.32 Å². The molecule has 1 N–H and O–H groups in total. The standard InChI is InChI=1S/C14H17F2NO/c1-17-14(11-3-2-6-18-9-11)7-10-4-5-12(15)8-13(10)16/h4-5,8-9,14,17H,2-3,6-7H2,1H3. The van der Waals surface area contributed by atoms with Crippen LogP contribution in [0.2, 0.25) is 0 Å². The van der Waals surface area contributed by atoms with E-state index in [-0.39, 0.29) is 6.04 Å². The monoisotopic (exact) mass is 253 g/mol. The first-order valence-corrected chi connectivity index (χ1v) is 6.12. The molecule has 0 bridgehead atoms. The molecule has 1 aromatic rings. The number of hydrogen-bond donors (Lipinski definition) is 1. The summed E-state index contributed by atoms with van der Waals surface area (Å²) in [4.78, 5) is 0. The molecule has 0 amide bonds. The van der Waals surface area contributed by atoms with Crippen LogP contribution in [0.3, 0.4) is 0 Å². The maximum absolute atomic E-state index is 13.6. The van der Waals surface area contributed by atoms with Gasteiger partial charge in [-0.05, 0) is 43.5 Å². The fourth-order valence-electron chi connectivity index (χ4n) is 2.17. The van der Waals surface area contributed by atoms with Crippen LogP contribution in [0.5, 0.6) is 0 Å². The van der Waals surface area contributed by atoms with E-state index in [9.17, 15) is 8.78 Å². The number of hydrogen-bond acceptors (Lipinski definition) is 2. The van der Waals surface area contributed by atoms with Gasteiger partial charge in [-0.3, -0.25) is 0 Å². The number of likely N-dealkylation sites (N-methyl/N-ethyl adjacent to an activating group) is 1. The van der Waals surface area contributed by atoms with Gasteiger partial charge in [-0.2, -0.15) is 0 Å². The summed E-state index contributed by atoms with van der Waals surface area (Å²) in [6, 6.07) is 3.74. The smallest absolute Gasteiger partial charge is 0.129 e. The van der Waals surface area contributed by atoms with Gasteiger partial charge in [0, 0.05) is 12.1 Å². The van der Waals surface area contributed by atoms with Crippen molar-refractivity contribution in [3.05, 3.63) is 47.2 Å². The van der Waals surface area contributed by atoms with Crippen molar-refractivity contribution in [2.24, 2.45) is 0 Å². The number of ether oxygens (including phenoxy) is 1. The van der Waals surface area contributed by atoms with Gasteiger partial charge in [-0.25, -0.2) is 8.78 Å². The second kappa shape index (κ2) is 5.96. The third-order valence-electron chi connectivity index (χ3n) is 3.20. The molecule has 0 fully saturated rings. The summed E-state index contributed by atoms with van der Waals surface area (Å²) in [7, 11) is 1.83. The second-order valence-electron chi connectivity index (χ2n) is 4.45. The number of halogens is 2. The summed E-state index contributed by atoms with van der Waals surface area (Å²) >= 11 is 0.